The van der Waals surface area contributed by atoms with Crippen molar-refractivity contribution in [3.8, 4) is 0 Å². The van der Waals surface area contributed by atoms with E-state index in [1.807, 2.05) is 0 Å². The van der Waals surface area contributed by atoms with Gasteiger partial charge in [-0.25, -0.2) is 13.7 Å². The molecule has 2 atom stereocenters. The predicted molar refractivity (Wildman–Crippen MR) is 64.3 cm³/mol. The highest BCUT2D eigenvalue weighted by Crippen LogP contribution is 2.62. The molecule has 2 amide bonds. The second kappa shape index (κ2) is 3.40. The van der Waals surface area contributed by atoms with Crippen molar-refractivity contribution in [1.29, 1.82) is 0 Å². The van der Waals surface area contributed by atoms with Crippen molar-refractivity contribution < 1.29 is 18.4 Å². The fraction of sp³-hybridized carbons (Fsp3) is 0.429. The van der Waals surface area contributed by atoms with Crippen molar-refractivity contribution in [3.63, 3.8) is 0 Å². The number of benzene rings is 1. The summed E-state index contributed by atoms with van der Waals surface area (Å²) in [5.74, 6) is -2.41. The Morgan fingerprint density at radius 1 is 1.05 bits per heavy atom. The van der Waals surface area contributed by atoms with Crippen LogP contribution in [0.25, 0.3) is 0 Å². The third-order valence-electron chi connectivity index (χ3n) is 4.84. The molecule has 100 valence electrons. The van der Waals surface area contributed by atoms with Gasteiger partial charge in [0.1, 0.15) is 11.6 Å². The lowest BCUT2D eigenvalue weighted by Gasteiger charge is -2.46. The normalized spacial score (nSPS) is 33.4. The Bertz CT molecular complexity index is 587. The Morgan fingerprint density at radius 2 is 1.58 bits per heavy atom. The highest BCUT2D eigenvalue weighted by molar-refractivity contribution is 6.26. The van der Waals surface area contributed by atoms with Gasteiger partial charge >= 0.3 is 0 Å². The van der Waals surface area contributed by atoms with Crippen LogP contribution in [0.5, 0.6) is 0 Å². The summed E-state index contributed by atoms with van der Waals surface area (Å²) in [6, 6.07) is 2.86. The molecule has 1 aromatic carbocycles. The third-order valence-corrected chi connectivity index (χ3v) is 4.84. The average Bonchev–Trinajstić information content (AvgIpc) is 2.45. The molecule has 19 heavy (non-hydrogen) atoms. The molecule has 0 aromatic heterocycles. The zero-order valence-corrected chi connectivity index (χ0v) is 10.7. The lowest BCUT2D eigenvalue weighted by molar-refractivity contribution is -0.145. The summed E-state index contributed by atoms with van der Waals surface area (Å²) < 4.78 is 26.7. The van der Waals surface area contributed by atoms with E-state index in [0.717, 1.165) is 17.0 Å². The van der Waals surface area contributed by atoms with Gasteiger partial charge in [0.2, 0.25) is 11.8 Å². The lowest BCUT2D eigenvalue weighted by atomic mass is 9.52. The molecule has 1 aliphatic carbocycles. The molecule has 1 heterocycles. The minimum absolute atomic E-state index is 0.159. The van der Waals surface area contributed by atoms with Gasteiger partial charge in [-0.2, -0.15) is 0 Å². The molecule has 1 aromatic rings. The molecule has 0 bridgehead atoms. The maximum Gasteiger partial charge on any atom is 0.240 e. The minimum Gasteiger partial charge on any atom is -0.273 e. The summed E-state index contributed by atoms with van der Waals surface area (Å²) in [4.78, 5) is 25.7. The van der Waals surface area contributed by atoms with E-state index in [1.54, 1.807) is 13.8 Å². The van der Waals surface area contributed by atoms with Crippen LogP contribution in [0.4, 0.5) is 14.5 Å². The Balaban J connectivity index is 2.12. The van der Waals surface area contributed by atoms with Gasteiger partial charge in [-0.15, -0.1) is 0 Å². The highest BCUT2D eigenvalue weighted by Gasteiger charge is 2.70. The van der Waals surface area contributed by atoms with Crippen LogP contribution >= 0.6 is 0 Å². The average molecular weight is 265 g/mol. The van der Waals surface area contributed by atoms with E-state index < -0.39 is 34.3 Å². The number of anilines is 1. The maximum absolute atomic E-state index is 13.8. The van der Waals surface area contributed by atoms with E-state index in [0.29, 0.717) is 18.9 Å². The smallest absolute Gasteiger partial charge is 0.240 e. The van der Waals surface area contributed by atoms with E-state index in [1.165, 1.54) is 0 Å². The van der Waals surface area contributed by atoms with Crippen molar-refractivity contribution in [2.75, 3.05) is 4.90 Å². The largest absolute Gasteiger partial charge is 0.273 e. The number of imide groups is 1. The van der Waals surface area contributed by atoms with Gasteiger partial charge in [-0.1, -0.05) is 0 Å². The summed E-state index contributed by atoms with van der Waals surface area (Å²) in [5.41, 5.74) is -1.68. The third kappa shape index (κ3) is 1.25. The van der Waals surface area contributed by atoms with E-state index in [4.69, 9.17) is 0 Å². The van der Waals surface area contributed by atoms with Crippen LogP contribution in [0, 0.1) is 22.5 Å². The summed E-state index contributed by atoms with van der Waals surface area (Å²) in [7, 11) is 0. The van der Waals surface area contributed by atoms with Crippen LogP contribution in [0.2, 0.25) is 0 Å². The Kier molecular flexibility index (Phi) is 2.20. The van der Waals surface area contributed by atoms with Gasteiger partial charge in [-0.05, 0) is 38.8 Å². The van der Waals surface area contributed by atoms with Gasteiger partial charge < -0.3 is 0 Å². The summed E-state index contributed by atoms with van der Waals surface area (Å²) in [5, 5.41) is 0. The van der Waals surface area contributed by atoms with Crippen LogP contribution in [0.1, 0.15) is 26.7 Å². The van der Waals surface area contributed by atoms with Crippen LogP contribution in [-0.4, -0.2) is 11.8 Å². The van der Waals surface area contributed by atoms with Crippen molar-refractivity contribution in [2.45, 2.75) is 26.7 Å². The SMILES string of the molecule is CC12CCC1(C)C(=O)N(c1ccc(F)cc1F)C2=O. The molecule has 1 saturated carbocycles. The zero-order chi connectivity index (χ0) is 14.0. The van der Waals surface area contributed by atoms with E-state index >= 15 is 0 Å². The summed E-state index contributed by atoms with van der Waals surface area (Å²) in [6.45, 7) is 3.47. The molecule has 2 fully saturated rings. The Morgan fingerprint density at radius 3 is 2.00 bits per heavy atom. The molecule has 0 spiro atoms. The van der Waals surface area contributed by atoms with Gasteiger partial charge in [-0.3, -0.25) is 9.59 Å². The van der Waals surface area contributed by atoms with Gasteiger partial charge in [0, 0.05) is 6.07 Å². The first-order valence-corrected chi connectivity index (χ1v) is 6.15. The highest BCUT2D eigenvalue weighted by atomic mass is 19.1. The lowest BCUT2D eigenvalue weighted by Crippen LogP contribution is -2.49. The van der Waals surface area contributed by atoms with Gasteiger partial charge in [0.05, 0.1) is 16.5 Å². The number of halogens is 2. The molecular weight excluding hydrogens is 252 g/mol. The van der Waals surface area contributed by atoms with Crippen LogP contribution < -0.4 is 4.90 Å². The van der Waals surface area contributed by atoms with Crippen LogP contribution in [-0.2, 0) is 9.59 Å². The fourth-order valence-electron chi connectivity index (χ4n) is 3.03. The Labute approximate surface area is 109 Å². The molecule has 0 N–H and O–H groups in total. The van der Waals surface area contributed by atoms with Crippen molar-refractivity contribution >= 4 is 17.5 Å². The molecular formula is C14H13F2NO2. The van der Waals surface area contributed by atoms with Gasteiger partial charge in [0.25, 0.3) is 0 Å². The molecule has 0 radical (unpaired) electrons. The van der Waals surface area contributed by atoms with Crippen molar-refractivity contribution in [3.05, 3.63) is 29.8 Å². The first kappa shape index (κ1) is 12.3. The van der Waals surface area contributed by atoms with Gasteiger partial charge in [0.15, 0.2) is 0 Å². The number of amides is 2. The number of hydrogen-bond donors (Lipinski definition) is 0. The molecule has 2 unspecified atom stereocenters. The maximum atomic E-state index is 13.8. The van der Waals surface area contributed by atoms with Crippen molar-refractivity contribution in [2.24, 2.45) is 10.8 Å². The first-order chi connectivity index (χ1) is 8.81. The molecule has 3 rings (SSSR count). The predicted octanol–water partition coefficient (Wildman–Crippen LogP) is 2.64. The number of hydrogen-bond acceptors (Lipinski definition) is 2. The molecule has 1 saturated heterocycles. The number of carbonyl (C=O) groups excluding carboxylic acids is 2. The zero-order valence-electron chi connectivity index (χ0n) is 10.7. The quantitative estimate of drug-likeness (QED) is 0.732. The topological polar surface area (TPSA) is 37.4 Å². The van der Waals surface area contributed by atoms with Crippen LogP contribution in [0.15, 0.2) is 18.2 Å². The van der Waals surface area contributed by atoms with E-state index in [2.05, 4.69) is 0 Å². The van der Waals surface area contributed by atoms with E-state index in [-0.39, 0.29) is 5.69 Å². The fourth-order valence-corrected chi connectivity index (χ4v) is 3.03. The summed E-state index contributed by atoms with van der Waals surface area (Å²) >= 11 is 0. The number of carbonyl (C=O) groups is 2. The Hall–Kier alpha value is -1.78. The molecule has 5 heteroatoms. The number of nitrogens with zero attached hydrogens (tertiary/aromatic N) is 1. The van der Waals surface area contributed by atoms with Crippen LogP contribution in [0.3, 0.4) is 0 Å². The number of rotatable bonds is 1. The molecule has 1 aliphatic heterocycles. The minimum atomic E-state index is -0.893. The molecule has 2 aliphatic rings. The second-order valence-corrected chi connectivity index (χ2v) is 5.71. The second-order valence-electron chi connectivity index (χ2n) is 5.71. The molecule has 3 nitrogen and oxygen atoms in total. The van der Waals surface area contributed by atoms with E-state index in [9.17, 15) is 18.4 Å². The first-order valence-electron chi connectivity index (χ1n) is 6.15. The standard InChI is InChI=1S/C14H13F2NO2/c1-13-5-6-14(13,2)12(19)17(11(13)18)10-4-3-8(15)7-9(10)16/h3-4,7H,5-6H2,1-2H3. The number of fused-ring (bicyclic) bond motifs is 1. The summed E-state index contributed by atoms with van der Waals surface area (Å²) in [6.07, 6.45) is 1.24. The van der Waals surface area contributed by atoms with Crippen molar-refractivity contribution in [1.82, 2.24) is 0 Å². The monoisotopic (exact) mass is 265 g/mol.